The molecule has 1 aliphatic heterocycles. The first-order chi connectivity index (χ1) is 14.1. The number of carbonyl (C=O) groups is 1. The second-order valence-electron chi connectivity index (χ2n) is 7.18. The van der Waals surface area contributed by atoms with Crippen LogP contribution in [0, 0.1) is 13.8 Å². The van der Waals surface area contributed by atoms with Gasteiger partial charge in [-0.1, -0.05) is 42.5 Å². The van der Waals surface area contributed by atoms with Gasteiger partial charge in [0.25, 0.3) is 0 Å². The van der Waals surface area contributed by atoms with Crippen molar-refractivity contribution < 1.29 is 33.5 Å². The van der Waals surface area contributed by atoms with E-state index in [0.29, 0.717) is 33.4 Å². The maximum atomic E-state index is 12.7. The molecule has 0 aliphatic carbocycles. The molecule has 0 bridgehead atoms. The summed E-state index contributed by atoms with van der Waals surface area (Å²) in [6, 6.07) is 16.6. The summed E-state index contributed by atoms with van der Waals surface area (Å²) in [5, 5.41) is 10.3. The lowest BCUT2D eigenvalue weighted by Crippen LogP contribution is -2.29. The van der Waals surface area contributed by atoms with Gasteiger partial charge in [-0.25, -0.2) is 9.36 Å². The first-order valence-electron chi connectivity index (χ1n) is 9.11. The fourth-order valence-electron chi connectivity index (χ4n) is 3.69. The predicted octanol–water partition coefficient (Wildman–Crippen LogP) is 3.94. The molecule has 0 aromatic heterocycles. The number of phenols is 1. The first-order valence-corrected chi connectivity index (χ1v) is 10.6. The van der Waals surface area contributed by atoms with Gasteiger partial charge in [0.2, 0.25) is 0 Å². The number of aryl methyl sites for hydroxylation is 2. The van der Waals surface area contributed by atoms with Crippen LogP contribution < -0.4 is 4.52 Å². The quantitative estimate of drug-likeness (QED) is 0.428. The van der Waals surface area contributed by atoms with Crippen LogP contribution in [0.15, 0.2) is 60.7 Å². The van der Waals surface area contributed by atoms with E-state index >= 15 is 0 Å². The Kier molecular flexibility index (Phi) is 4.70. The van der Waals surface area contributed by atoms with E-state index in [2.05, 4.69) is 0 Å². The monoisotopic (exact) mass is 426 g/mol. The third-order valence-corrected chi connectivity index (χ3v) is 5.63. The van der Waals surface area contributed by atoms with Crippen LogP contribution in [-0.4, -0.2) is 20.9 Å². The predicted molar refractivity (Wildman–Crippen MR) is 108 cm³/mol. The van der Waals surface area contributed by atoms with Gasteiger partial charge in [0.1, 0.15) is 11.5 Å². The van der Waals surface area contributed by atoms with Crippen molar-refractivity contribution in [3.63, 3.8) is 0 Å². The van der Waals surface area contributed by atoms with Crippen LogP contribution in [-0.2, 0) is 14.9 Å². The van der Waals surface area contributed by atoms with E-state index in [0.717, 1.165) is 0 Å². The Morgan fingerprint density at radius 2 is 1.57 bits per heavy atom. The second-order valence-corrected chi connectivity index (χ2v) is 8.34. The summed E-state index contributed by atoms with van der Waals surface area (Å²) in [6.07, 6.45) is 0. The molecule has 154 valence electrons. The number of carbonyl (C=O) groups excluding carboxylic acids is 1. The number of phosphoric acid groups is 1. The van der Waals surface area contributed by atoms with Gasteiger partial charge >= 0.3 is 13.8 Å². The number of hydrogen-bond acceptors (Lipinski definition) is 5. The molecule has 0 saturated heterocycles. The molecule has 0 amide bonds. The van der Waals surface area contributed by atoms with Gasteiger partial charge in [0.15, 0.2) is 5.60 Å². The van der Waals surface area contributed by atoms with E-state index in [1.54, 1.807) is 62.4 Å². The molecule has 1 heterocycles. The van der Waals surface area contributed by atoms with Crippen molar-refractivity contribution >= 4 is 13.8 Å². The Hall–Kier alpha value is -3.12. The van der Waals surface area contributed by atoms with Crippen molar-refractivity contribution in [1.82, 2.24) is 0 Å². The molecule has 3 aromatic carbocycles. The highest BCUT2D eigenvalue weighted by Crippen LogP contribution is 2.49. The van der Waals surface area contributed by atoms with Crippen molar-refractivity contribution in [3.8, 4) is 11.5 Å². The summed E-state index contributed by atoms with van der Waals surface area (Å²) in [5.74, 6) is -0.535. The average Bonchev–Trinajstić information content (AvgIpc) is 2.99. The minimum absolute atomic E-state index is 0.0306. The summed E-state index contributed by atoms with van der Waals surface area (Å²) in [5.41, 5.74) is 1.59. The maximum Gasteiger partial charge on any atom is 0.524 e. The number of cyclic esters (lactones) is 1. The summed E-state index contributed by atoms with van der Waals surface area (Å²) >= 11 is 0. The van der Waals surface area contributed by atoms with E-state index in [4.69, 9.17) is 9.26 Å². The van der Waals surface area contributed by atoms with E-state index < -0.39 is 19.4 Å². The topological polar surface area (TPSA) is 113 Å². The number of esters is 1. The van der Waals surface area contributed by atoms with Gasteiger partial charge < -0.3 is 14.4 Å². The highest BCUT2D eigenvalue weighted by molar-refractivity contribution is 7.46. The van der Waals surface area contributed by atoms with E-state index in [1.807, 2.05) is 0 Å². The van der Waals surface area contributed by atoms with E-state index in [9.17, 15) is 24.3 Å². The minimum Gasteiger partial charge on any atom is -0.508 e. The van der Waals surface area contributed by atoms with Crippen molar-refractivity contribution in [3.05, 3.63) is 94.0 Å². The molecular weight excluding hydrogens is 407 g/mol. The second kappa shape index (κ2) is 6.99. The Morgan fingerprint density at radius 3 is 2.23 bits per heavy atom. The molecule has 3 N–H and O–H groups in total. The highest BCUT2D eigenvalue weighted by Gasteiger charge is 2.49. The maximum absolute atomic E-state index is 12.7. The molecule has 7 nitrogen and oxygen atoms in total. The van der Waals surface area contributed by atoms with Gasteiger partial charge in [-0.15, -0.1) is 0 Å². The Balaban J connectivity index is 2.02. The van der Waals surface area contributed by atoms with Gasteiger partial charge in [0, 0.05) is 16.7 Å². The molecule has 0 radical (unpaired) electrons. The smallest absolute Gasteiger partial charge is 0.508 e. The van der Waals surface area contributed by atoms with Gasteiger partial charge in [-0.3, -0.25) is 9.79 Å². The first kappa shape index (κ1) is 20.2. The molecule has 1 atom stereocenters. The molecule has 30 heavy (non-hydrogen) atoms. The van der Waals surface area contributed by atoms with Gasteiger partial charge in [0.05, 0.1) is 5.56 Å². The van der Waals surface area contributed by atoms with Crippen molar-refractivity contribution in [2.24, 2.45) is 0 Å². The Labute approximate surface area is 172 Å². The SMILES string of the molecule is Cc1ccc(C2(c3ccc(C)c(OP(=O)(O)O)c3)OC(=O)c3ccccc32)cc1O. The number of phosphoric ester groups is 1. The molecule has 8 heteroatoms. The summed E-state index contributed by atoms with van der Waals surface area (Å²) < 4.78 is 22.2. The zero-order valence-corrected chi connectivity index (χ0v) is 17.1. The molecule has 4 rings (SSSR count). The lowest BCUT2D eigenvalue weighted by atomic mass is 9.79. The molecule has 3 aromatic rings. The Bertz CT molecular complexity index is 1210. The van der Waals surface area contributed by atoms with Gasteiger partial charge in [-0.05, 0) is 43.2 Å². The van der Waals surface area contributed by atoms with Crippen LogP contribution in [0.4, 0.5) is 0 Å². The number of phenolic OH excluding ortho intramolecular Hbond substituents is 1. The minimum atomic E-state index is -4.80. The average molecular weight is 426 g/mol. The van der Waals surface area contributed by atoms with Crippen LogP contribution >= 0.6 is 7.82 Å². The van der Waals surface area contributed by atoms with Crippen LogP contribution in [0.25, 0.3) is 0 Å². The largest absolute Gasteiger partial charge is 0.524 e. The van der Waals surface area contributed by atoms with Crippen LogP contribution in [0.2, 0.25) is 0 Å². The normalized spacial score (nSPS) is 18.1. The molecule has 1 aliphatic rings. The third kappa shape index (κ3) is 3.27. The third-order valence-electron chi connectivity index (χ3n) is 5.20. The summed E-state index contributed by atoms with van der Waals surface area (Å²) in [7, 11) is -4.80. The number of hydrogen-bond donors (Lipinski definition) is 3. The molecule has 0 saturated carbocycles. The van der Waals surface area contributed by atoms with Crippen molar-refractivity contribution in [2.45, 2.75) is 19.4 Å². The number of aromatic hydroxyl groups is 1. The van der Waals surface area contributed by atoms with Gasteiger partial charge in [-0.2, -0.15) is 0 Å². The Morgan fingerprint density at radius 1 is 0.933 bits per heavy atom. The lowest BCUT2D eigenvalue weighted by Gasteiger charge is -2.31. The molecule has 0 fully saturated rings. The number of rotatable bonds is 4. The number of fused-ring (bicyclic) bond motifs is 1. The zero-order chi connectivity index (χ0) is 21.7. The van der Waals surface area contributed by atoms with Crippen LogP contribution in [0.3, 0.4) is 0 Å². The van der Waals surface area contributed by atoms with Crippen LogP contribution in [0.5, 0.6) is 11.5 Å². The molecule has 1 unspecified atom stereocenters. The molecular formula is C22H19O7P. The van der Waals surface area contributed by atoms with E-state index in [1.165, 1.54) is 12.1 Å². The highest BCUT2D eigenvalue weighted by atomic mass is 31.2. The number of ether oxygens (including phenoxy) is 1. The number of benzene rings is 3. The summed E-state index contributed by atoms with van der Waals surface area (Å²) in [4.78, 5) is 31.3. The van der Waals surface area contributed by atoms with Crippen molar-refractivity contribution in [1.29, 1.82) is 0 Å². The fourth-order valence-corrected chi connectivity index (χ4v) is 4.14. The van der Waals surface area contributed by atoms with Crippen LogP contribution in [0.1, 0.15) is 38.2 Å². The fraction of sp³-hybridized carbons (Fsp3) is 0.136. The lowest BCUT2D eigenvalue weighted by molar-refractivity contribution is 0.0250. The zero-order valence-electron chi connectivity index (χ0n) is 16.2. The molecule has 0 spiro atoms. The van der Waals surface area contributed by atoms with Crippen molar-refractivity contribution in [2.75, 3.05) is 0 Å². The standard InChI is InChI=1S/C22H19O7P/c1-13-7-9-15(11-19(13)23)22(18-6-4-3-5-17(18)21(24)28-22)16-10-8-14(2)20(12-16)29-30(25,26)27/h3-12,23H,1-2H3,(H2,25,26,27). The summed E-state index contributed by atoms with van der Waals surface area (Å²) in [6.45, 7) is 3.39. The van der Waals surface area contributed by atoms with E-state index in [-0.39, 0.29) is 11.5 Å².